The first-order valence-corrected chi connectivity index (χ1v) is 13.1. The van der Waals surface area contributed by atoms with Crippen molar-refractivity contribution in [3.05, 3.63) is 40.3 Å². The Hall–Kier alpha value is -2.62. The summed E-state index contributed by atoms with van der Waals surface area (Å²) < 4.78 is 7.35. The van der Waals surface area contributed by atoms with E-state index < -0.39 is 0 Å². The zero-order valence-corrected chi connectivity index (χ0v) is 20.8. The SMILES string of the molecule is Cc1cc(-c2n[nH]c(-c3nc4c(s3)CC(NC3CCOCC3)CC4)c2C(C)C)cn2ncnc12. The quantitative estimate of drug-likeness (QED) is 0.445. The van der Waals surface area contributed by atoms with Gasteiger partial charge in [-0.25, -0.2) is 14.5 Å². The van der Waals surface area contributed by atoms with Crippen molar-refractivity contribution >= 4 is 17.0 Å². The van der Waals surface area contributed by atoms with Crippen molar-refractivity contribution in [1.29, 1.82) is 0 Å². The first-order valence-electron chi connectivity index (χ1n) is 12.3. The lowest BCUT2D eigenvalue weighted by atomic mass is 9.95. The second kappa shape index (κ2) is 8.87. The molecule has 8 nitrogen and oxygen atoms in total. The fourth-order valence-electron chi connectivity index (χ4n) is 5.34. The third kappa shape index (κ3) is 3.95. The summed E-state index contributed by atoms with van der Waals surface area (Å²) in [5.41, 5.74) is 7.50. The maximum absolute atomic E-state index is 5.52. The third-order valence-electron chi connectivity index (χ3n) is 7.06. The second-order valence-corrected chi connectivity index (χ2v) is 10.9. The van der Waals surface area contributed by atoms with Crippen molar-refractivity contribution < 1.29 is 4.74 Å². The molecule has 2 N–H and O–H groups in total. The normalized spacial score (nSPS) is 19.2. The van der Waals surface area contributed by atoms with Gasteiger partial charge in [0, 0.05) is 47.5 Å². The molecule has 1 unspecified atom stereocenters. The average molecular weight is 478 g/mol. The molecule has 0 bridgehead atoms. The molecule has 0 amide bonds. The van der Waals surface area contributed by atoms with Gasteiger partial charge in [0.1, 0.15) is 11.3 Å². The number of aromatic nitrogens is 6. The number of hydrogen-bond donors (Lipinski definition) is 2. The smallest absolute Gasteiger partial charge is 0.158 e. The number of pyridine rings is 1. The molecule has 0 radical (unpaired) electrons. The van der Waals surface area contributed by atoms with E-state index in [1.165, 1.54) is 16.1 Å². The van der Waals surface area contributed by atoms with Crippen molar-refractivity contribution in [1.82, 2.24) is 35.1 Å². The molecule has 0 spiro atoms. The number of nitrogens with zero attached hydrogens (tertiary/aromatic N) is 5. The lowest BCUT2D eigenvalue weighted by molar-refractivity contribution is 0.0743. The molecule has 1 aliphatic heterocycles. The number of aromatic amines is 1. The predicted molar refractivity (Wildman–Crippen MR) is 133 cm³/mol. The van der Waals surface area contributed by atoms with E-state index in [1.54, 1.807) is 6.33 Å². The van der Waals surface area contributed by atoms with E-state index in [-0.39, 0.29) is 0 Å². The fraction of sp³-hybridized carbons (Fsp3) is 0.520. The highest BCUT2D eigenvalue weighted by atomic mass is 32.1. The zero-order valence-electron chi connectivity index (χ0n) is 20.0. The molecule has 6 rings (SSSR count). The van der Waals surface area contributed by atoms with E-state index in [9.17, 15) is 0 Å². The molecule has 4 aromatic heterocycles. The molecule has 0 saturated carbocycles. The Morgan fingerprint density at radius 3 is 2.88 bits per heavy atom. The van der Waals surface area contributed by atoms with Crippen molar-refractivity contribution in [2.24, 2.45) is 0 Å². The lowest BCUT2D eigenvalue weighted by Gasteiger charge is -2.30. The molecule has 34 heavy (non-hydrogen) atoms. The molecule has 1 aliphatic carbocycles. The van der Waals surface area contributed by atoms with Crippen LogP contribution in [0.25, 0.3) is 27.6 Å². The van der Waals surface area contributed by atoms with Crippen molar-refractivity contribution in [2.45, 2.75) is 70.9 Å². The average Bonchev–Trinajstić information content (AvgIpc) is 3.56. The first kappa shape index (κ1) is 21.9. The van der Waals surface area contributed by atoms with Gasteiger partial charge in [0.15, 0.2) is 5.65 Å². The summed E-state index contributed by atoms with van der Waals surface area (Å²) in [5, 5.41) is 17.4. The summed E-state index contributed by atoms with van der Waals surface area (Å²) in [6.45, 7) is 8.27. The van der Waals surface area contributed by atoms with Crippen LogP contribution in [0.3, 0.4) is 0 Å². The molecular weight excluding hydrogens is 446 g/mol. The number of ether oxygens (including phenoxy) is 1. The topological polar surface area (TPSA) is 93.0 Å². The third-order valence-corrected chi connectivity index (χ3v) is 8.20. The Morgan fingerprint density at radius 2 is 2.06 bits per heavy atom. The lowest BCUT2D eigenvalue weighted by Crippen LogP contribution is -2.44. The number of hydrogen-bond acceptors (Lipinski definition) is 7. The van der Waals surface area contributed by atoms with Crippen LogP contribution in [0.5, 0.6) is 0 Å². The van der Waals surface area contributed by atoms with E-state index >= 15 is 0 Å². The number of fused-ring (bicyclic) bond motifs is 2. The summed E-state index contributed by atoms with van der Waals surface area (Å²) in [4.78, 5) is 10.8. The van der Waals surface area contributed by atoms with Crippen LogP contribution in [0.4, 0.5) is 0 Å². The molecular formula is C25H31N7OS. The molecule has 1 atom stereocenters. The minimum atomic E-state index is 0.305. The van der Waals surface area contributed by atoms with Gasteiger partial charge >= 0.3 is 0 Å². The summed E-state index contributed by atoms with van der Waals surface area (Å²) in [7, 11) is 0. The Kier molecular flexibility index (Phi) is 5.71. The van der Waals surface area contributed by atoms with Gasteiger partial charge in [0.2, 0.25) is 0 Å². The van der Waals surface area contributed by atoms with Gasteiger partial charge < -0.3 is 10.1 Å². The maximum Gasteiger partial charge on any atom is 0.158 e. The molecule has 5 heterocycles. The van der Waals surface area contributed by atoms with Gasteiger partial charge in [0.05, 0.1) is 17.1 Å². The Balaban J connectivity index is 1.30. The minimum Gasteiger partial charge on any atom is -0.381 e. The molecule has 2 aliphatic rings. The van der Waals surface area contributed by atoms with Crippen LogP contribution in [-0.4, -0.2) is 55.1 Å². The number of rotatable bonds is 5. The number of nitrogens with one attached hydrogen (secondary N) is 2. The molecule has 1 saturated heterocycles. The van der Waals surface area contributed by atoms with E-state index in [4.69, 9.17) is 14.8 Å². The largest absolute Gasteiger partial charge is 0.381 e. The van der Waals surface area contributed by atoms with Gasteiger partial charge in [-0.2, -0.15) is 10.2 Å². The van der Waals surface area contributed by atoms with E-state index in [0.717, 1.165) is 78.5 Å². The van der Waals surface area contributed by atoms with Gasteiger partial charge in [0.25, 0.3) is 0 Å². The Bertz CT molecular complexity index is 1310. The minimum absolute atomic E-state index is 0.305. The van der Waals surface area contributed by atoms with Crippen LogP contribution in [-0.2, 0) is 17.6 Å². The molecule has 178 valence electrons. The van der Waals surface area contributed by atoms with Crippen LogP contribution in [0.1, 0.15) is 60.7 Å². The van der Waals surface area contributed by atoms with Crippen molar-refractivity contribution in [3.63, 3.8) is 0 Å². The summed E-state index contributed by atoms with van der Waals surface area (Å²) >= 11 is 1.83. The van der Waals surface area contributed by atoms with Crippen LogP contribution >= 0.6 is 11.3 Å². The van der Waals surface area contributed by atoms with Gasteiger partial charge in [-0.1, -0.05) is 13.8 Å². The monoisotopic (exact) mass is 477 g/mol. The summed E-state index contributed by atoms with van der Waals surface area (Å²) in [6, 6.07) is 3.26. The predicted octanol–water partition coefficient (Wildman–Crippen LogP) is 4.30. The van der Waals surface area contributed by atoms with Crippen LogP contribution < -0.4 is 5.32 Å². The summed E-state index contributed by atoms with van der Waals surface area (Å²) in [5.74, 6) is 0.305. The first-order chi connectivity index (χ1) is 16.6. The highest BCUT2D eigenvalue weighted by Gasteiger charge is 2.28. The number of H-pyrrole nitrogens is 1. The molecule has 0 aromatic carbocycles. The Morgan fingerprint density at radius 1 is 1.21 bits per heavy atom. The van der Waals surface area contributed by atoms with E-state index in [2.05, 4.69) is 47.3 Å². The molecule has 1 fully saturated rings. The highest BCUT2D eigenvalue weighted by molar-refractivity contribution is 7.15. The zero-order chi connectivity index (χ0) is 23.2. The Labute approximate surface area is 203 Å². The van der Waals surface area contributed by atoms with Gasteiger partial charge in [-0.3, -0.25) is 5.10 Å². The van der Waals surface area contributed by atoms with Crippen LogP contribution in [0.2, 0.25) is 0 Å². The maximum atomic E-state index is 5.52. The fourth-order valence-corrected chi connectivity index (χ4v) is 6.54. The molecule has 4 aromatic rings. The van der Waals surface area contributed by atoms with Crippen molar-refractivity contribution in [2.75, 3.05) is 13.2 Å². The van der Waals surface area contributed by atoms with E-state index in [1.807, 2.05) is 22.0 Å². The van der Waals surface area contributed by atoms with Crippen LogP contribution in [0.15, 0.2) is 18.6 Å². The van der Waals surface area contributed by atoms with Gasteiger partial charge in [-0.15, -0.1) is 11.3 Å². The molecule has 9 heteroatoms. The number of thiazole rings is 1. The highest BCUT2D eigenvalue weighted by Crippen LogP contribution is 2.39. The summed E-state index contributed by atoms with van der Waals surface area (Å²) in [6.07, 6.45) is 9.08. The van der Waals surface area contributed by atoms with E-state index in [0.29, 0.717) is 18.0 Å². The van der Waals surface area contributed by atoms with Gasteiger partial charge in [-0.05, 0) is 56.6 Å². The second-order valence-electron chi connectivity index (χ2n) is 9.84. The van der Waals surface area contributed by atoms with Crippen LogP contribution in [0, 0.1) is 6.92 Å². The number of aryl methyl sites for hydroxylation is 2. The van der Waals surface area contributed by atoms with Crippen molar-refractivity contribution in [3.8, 4) is 22.0 Å². The standard InChI is InChI=1S/C25H31N7OS/c1-14(2)21-22(16-10-15(3)24-26-13-27-32(24)12-16)30-31-23(21)25-29-19-5-4-18(11-20(19)34-25)28-17-6-8-33-9-7-17/h10,12-14,17-18,28H,4-9,11H2,1-3H3,(H,30,31).